The molecular formula is C16H29ClF3N3O2. The van der Waals surface area contributed by atoms with Crippen LogP contribution in [0.3, 0.4) is 0 Å². The van der Waals surface area contributed by atoms with E-state index in [2.05, 4.69) is 0 Å². The minimum atomic E-state index is -4.42. The van der Waals surface area contributed by atoms with Gasteiger partial charge < -0.3 is 15.5 Å². The van der Waals surface area contributed by atoms with Crippen molar-refractivity contribution in [1.82, 2.24) is 9.80 Å². The molecule has 0 bridgehead atoms. The second-order valence-corrected chi connectivity index (χ2v) is 6.50. The van der Waals surface area contributed by atoms with Crippen molar-refractivity contribution in [3.05, 3.63) is 0 Å². The first kappa shape index (κ1) is 24.0. The van der Waals surface area contributed by atoms with Gasteiger partial charge in [0.1, 0.15) is 6.54 Å². The van der Waals surface area contributed by atoms with Crippen molar-refractivity contribution in [3.8, 4) is 0 Å². The molecule has 0 aromatic rings. The van der Waals surface area contributed by atoms with E-state index >= 15 is 0 Å². The normalized spacial score (nSPS) is 20.4. The Balaban J connectivity index is 0.00000576. The van der Waals surface area contributed by atoms with Crippen molar-refractivity contribution in [3.63, 3.8) is 0 Å². The molecule has 1 fully saturated rings. The van der Waals surface area contributed by atoms with E-state index in [9.17, 15) is 22.8 Å². The van der Waals surface area contributed by atoms with Gasteiger partial charge in [-0.25, -0.2) is 0 Å². The van der Waals surface area contributed by atoms with E-state index in [0.29, 0.717) is 19.4 Å². The summed E-state index contributed by atoms with van der Waals surface area (Å²) in [5, 5.41) is 0. The summed E-state index contributed by atoms with van der Waals surface area (Å²) in [6, 6.07) is -0.638. The SMILES string of the molecule is CCC(C)C(N)C(=O)N1CCCC(C(=O)N(CC)CC(F)(F)F)C1.Cl. The van der Waals surface area contributed by atoms with Crippen molar-refractivity contribution in [2.24, 2.45) is 17.6 Å². The number of carbonyl (C=O) groups excluding carboxylic acids is 2. The molecule has 148 valence electrons. The van der Waals surface area contributed by atoms with Crippen molar-refractivity contribution in [1.29, 1.82) is 0 Å². The van der Waals surface area contributed by atoms with E-state index in [4.69, 9.17) is 5.73 Å². The Morgan fingerprint density at radius 2 is 1.92 bits per heavy atom. The van der Waals surface area contributed by atoms with Gasteiger partial charge in [0, 0.05) is 19.6 Å². The van der Waals surface area contributed by atoms with E-state index in [1.54, 1.807) is 0 Å². The smallest absolute Gasteiger partial charge is 0.341 e. The number of hydrogen-bond donors (Lipinski definition) is 1. The average Bonchev–Trinajstić information content (AvgIpc) is 2.56. The van der Waals surface area contributed by atoms with Gasteiger partial charge in [0.05, 0.1) is 12.0 Å². The van der Waals surface area contributed by atoms with Crippen LogP contribution in [0.15, 0.2) is 0 Å². The largest absolute Gasteiger partial charge is 0.406 e. The van der Waals surface area contributed by atoms with Crippen molar-refractivity contribution >= 4 is 24.2 Å². The first-order valence-corrected chi connectivity index (χ1v) is 8.50. The van der Waals surface area contributed by atoms with Gasteiger partial charge in [-0.2, -0.15) is 13.2 Å². The lowest BCUT2D eigenvalue weighted by Crippen LogP contribution is -2.53. The number of alkyl halides is 3. The zero-order chi connectivity index (χ0) is 18.5. The zero-order valence-electron chi connectivity index (χ0n) is 15.0. The average molecular weight is 388 g/mol. The van der Waals surface area contributed by atoms with Gasteiger partial charge in [-0.05, 0) is 25.7 Å². The Hall–Kier alpha value is -1.02. The number of nitrogens with two attached hydrogens (primary N) is 1. The van der Waals surface area contributed by atoms with E-state index in [0.717, 1.165) is 11.3 Å². The maximum Gasteiger partial charge on any atom is 0.406 e. The van der Waals surface area contributed by atoms with Gasteiger partial charge in [-0.15, -0.1) is 12.4 Å². The highest BCUT2D eigenvalue weighted by atomic mass is 35.5. The van der Waals surface area contributed by atoms with Crippen LogP contribution in [-0.4, -0.2) is 60.0 Å². The number of nitrogens with zero attached hydrogens (tertiary/aromatic N) is 2. The van der Waals surface area contributed by atoms with Gasteiger partial charge in [0.15, 0.2) is 0 Å². The molecule has 0 radical (unpaired) electrons. The molecule has 1 aliphatic rings. The molecule has 0 saturated carbocycles. The van der Waals surface area contributed by atoms with Crippen molar-refractivity contribution in [2.75, 3.05) is 26.2 Å². The number of piperidine rings is 1. The van der Waals surface area contributed by atoms with Crippen LogP contribution in [0.5, 0.6) is 0 Å². The molecule has 25 heavy (non-hydrogen) atoms. The fourth-order valence-electron chi connectivity index (χ4n) is 2.91. The summed E-state index contributed by atoms with van der Waals surface area (Å²) in [7, 11) is 0. The van der Waals surface area contributed by atoms with Gasteiger partial charge in [0.25, 0.3) is 0 Å². The second-order valence-electron chi connectivity index (χ2n) is 6.50. The number of hydrogen-bond acceptors (Lipinski definition) is 3. The van der Waals surface area contributed by atoms with Gasteiger partial charge in [-0.1, -0.05) is 20.3 Å². The molecule has 2 N–H and O–H groups in total. The van der Waals surface area contributed by atoms with Crippen LogP contribution in [0.2, 0.25) is 0 Å². The predicted molar refractivity (Wildman–Crippen MR) is 92.3 cm³/mol. The van der Waals surface area contributed by atoms with Crippen molar-refractivity contribution in [2.45, 2.75) is 52.3 Å². The monoisotopic (exact) mass is 387 g/mol. The maximum atomic E-state index is 12.6. The Morgan fingerprint density at radius 3 is 2.40 bits per heavy atom. The van der Waals surface area contributed by atoms with Crippen LogP contribution >= 0.6 is 12.4 Å². The van der Waals surface area contributed by atoms with Gasteiger partial charge in [-0.3, -0.25) is 9.59 Å². The molecule has 0 aliphatic carbocycles. The Labute approximate surface area is 153 Å². The zero-order valence-corrected chi connectivity index (χ0v) is 15.8. The highest BCUT2D eigenvalue weighted by molar-refractivity contribution is 5.85. The molecule has 2 amide bonds. The lowest BCUT2D eigenvalue weighted by atomic mass is 9.93. The predicted octanol–water partition coefficient (Wildman–Crippen LogP) is 2.43. The van der Waals surface area contributed by atoms with Crippen LogP contribution in [-0.2, 0) is 9.59 Å². The molecule has 5 nitrogen and oxygen atoms in total. The van der Waals surface area contributed by atoms with Crippen LogP contribution in [0.1, 0.15) is 40.0 Å². The van der Waals surface area contributed by atoms with Crippen molar-refractivity contribution < 1.29 is 22.8 Å². The molecule has 3 atom stereocenters. The number of carbonyl (C=O) groups is 2. The van der Waals surface area contributed by atoms with Crippen LogP contribution in [0.4, 0.5) is 13.2 Å². The first-order valence-electron chi connectivity index (χ1n) is 8.50. The number of rotatable bonds is 6. The topological polar surface area (TPSA) is 66.6 Å². The lowest BCUT2D eigenvalue weighted by Gasteiger charge is -2.36. The third kappa shape index (κ3) is 7.01. The molecule has 1 saturated heterocycles. The minimum Gasteiger partial charge on any atom is -0.341 e. The molecule has 1 heterocycles. The third-order valence-electron chi connectivity index (χ3n) is 4.69. The summed E-state index contributed by atoms with van der Waals surface area (Å²) in [5.74, 6) is -1.33. The summed E-state index contributed by atoms with van der Waals surface area (Å²) in [6.45, 7) is 4.74. The Bertz CT molecular complexity index is 449. The number of likely N-dealkylation sites (tertiary alicyclic amines) is 1. The lowest BCUT2D eigenvalue weighted by molar-refractivity contribution is -0.165. The summed E-state index contributed by atoms with van der Waals surface area (Å²) in [6.07, 6.45) is -2.57. The van der Waals surface area contributed by atoms with Gasteiger partial charge in [0.2, 0.25) is 11.8 Å². The first-order chi connectivity index (χ1) is 11.1. The van der Waals surface area contributed by atoms with Gasteiger partial charge >= 0.3 is 6.18 Å². The fraction of sp³-hybridized carbons (Fsp3) is 0.875. The summed E-state index contributed by atoms with van der Waals surface area (Å²) >= 11 is 0. The quantitative estimate of drug-likeness (QED) is 0.761. The van der Waals surface area contributed by atoms with E-state index < -0.39 is 30.6 Å². The highest BCUT2D eigenvalue weighted by Gasteiger charge is 2.37. The molecule has 3 unspecified atom stereocenters. The molecule has 0 aromatic heterocycles. The van der Waals surface area contributed by atoms with Crippen LogP contribution < -0.4 is 5.73 Å². The van der Waals surface area contributed by atoms with Crippen LogP contribution in [0.25, 0.3) is 0 Å². The highest BCUT2D eigenvalue weighted by Crippen LogP contribution is 2.23. The molecule has 0 aromatic carbocycles. The maximum absolute atomic E-state index is 12.6. The molecule has 1 aliphatic heterocycles. The van der Waals surface area contributed by atoms with E-state index in [1.807, 2.05) is 13.8 Å². The molecule has 9 heteroatoms. The molecule has 1 rings (SSSR count). The summed E-state index contributed by atoms with van der Waals surface area (Å²) in [5.41, 5.74) is 5.96. The standard InChI is InChI=1S/C16H28F3N3O2.ClH/c1-4-11(3)13(20)15(24)22-8-6-7-12(9-22)14(23)21(5-2)10-16(17,18)19;/h11-13H,4-10,20H2,1-3H3;1H. The third-order valence-corrected chi connectivity index (χ3v) is 4.69. The van der Waals surface area contributed by atoms with E-state index in [1.165, 1.54) is 11.8 Å². The summed E-state index contributed by atoms with van der Waals surface area (Å²) in [4.78, 5) is 27.2. The van der Waals surface area contributed by atoms with E-state index in [-0.39, 0.29) is 37.3 Å². The molecule has 0 spiro atoms. The summed E-state index contributed by atoms with van der Waals surface area (Å²) < 4.78 is 37.8. The number of halogens is 4. The number of amides is 2. The minimum absolute atomic E-state index is 0. The fourth-order valence-corrected chi connectivity index (χ4v) is 2.91. The Kier molecular flexibility index (Phi) is 9.79. The van der Waals surface area contributed by atoms with Crippen LogP contribution in [0, 0.1) is 11.8 Å². The second kappa shape index (κ2) is 10.2. The Morgan fingerprint density at radius 1 is 1.32 bits per heavy atom. The molecular weight excluding hydrogens is 359 g/mol.